The molecule has 4 aromatic carbocycles. The van der Waals surface area contributed by atoms with Gasteiger partial charge in [0.2, 0.25) is 5.95 Å². The minimum absolute atomic E-state index is 0.243. The minimum atomic E-state index is -0.568. The molecule has 10 nitrogen and oxygen atoms in total. The second-order valence-corrected chi connectivity index (χ2v) is 12.1. The van der Waals surface area contributed by atoms with Crippen LogP contribution in [0.4, 0.5) is 22.1 Å². The maximum atomic E-state index is 12.9. The summed E-state index contributed by atoms with van der Waals surface area (Å²) >= 11 is 0. The van der Waals surface area contributed by atoms with Crippen molar-refractivity contribution in [3.8, 4) is 28.1 Å². The van der Waals surface area contributed by atoms with E-state index in [1.165, 1.54) is 0 Å². The molecule has 6 aromatic rings. The van der Waals surface area contributed by atoms with Crippen molar-refractivity contribution in [1.29, 1.82) is 0 Å². The summed E-state index contributed by atoms with van der Waals surface area (Å²) in [4.78, 5) is 29.7. The Hall–Kier alpha value is -6.16. The summed E-state index contributed by atoms with van der Waals surface area (Å²) in [5.74, 6) is 1.14. The quantitative estimate of drug-likeness (QED) is 0.146. The first-order chi connectivity index (χ1) is 23.1. The van der Waals surface area contributed by atoms with Crippen molar-refractivity contribution in [2.45, 2.75) is 32.9 Å². The van der Waals surface area contributed by atoms with Crippen molar-refractivity contribution >= 4 is 34.8 Å². The van der Waals surface area contributed by atoms with Crippen molar-refractivity contribution in [2.75, 3.05) is 17.7 Å². The topological polar surface area (TPSA) is 119 Å². The number of aromatic nitrogens is 3. The van der Waals surface area contributed by atoms with E-state index in [1.807, 2.05) is 81.4 Å². The van der Waals surface area contributed by atoms with Gasteiger partial charge in [0.05, 0.1) is 24.5 Å². The maximum Gasteiger partial charge on any atom is 0.407 e. The molecule has 0 aliphatic heterocycles. The summed E-state index contributed by atoms with van der Waals surface area (Å²) in [6.45, 7) is 5.73. The molecule has 2 heterocycles. The number of amides is 2. The normalized spacial score (nSPS) is 11.2. The van der Waals surface area contributed by atoms with E-state index in [-0.39, 0.29) is 5.91 Å². The SMILES string of the molecule is COc1ccc(-c2ccc(-c3cc4ccnn4c(Nc4ccc(NC(=O)c5ccc(CNC(=O)OC(C)(C)C)cc5)cc4)n3)cc2)cc1. The maximum absolute atomic E-state index is 12.9. The van der Waals surface area contributed by atoms with E-state index in [0.717, 1.165) is 44.9 Å². The van der Waals surface area contributed by atoms with Gasteiger partial charge in [-0.2, -0.15) is 5.10 Å². The lowest BCUT2D eigenvalue weighted by Crippen LogP contribution is -2.32. The van der Waals surface area contributed by atoms with Crippen LogP contribution in [0.3, 0.4) is 0 Å². The first-order valence-electron chi connectivity index (χ1n) is 15.5. The second-order valence-electron chi connectivity index (χ2n) is 12.1. The van der Waals surface area contributed by atoms with Crippen LogP contribution in [0.2, 0.25) is 0 Å². The molecule has 0 atom stereocenters. The molecule has 3 N–H and O–H groups in total. The van der Waals surface area contributed by atoms with Crippen molar-refractivity contribution in [3.05, 3.63) is 127 Å². The lowest BCUT2D eigenvalue weighted by atomic mass is 10.0. The lowest BCUT2D eigenvalue weighted by Gasteiger charge is -2.19. The Morgan fingerprint density at radius 3 is 2.04 bits per heavy atom. The van der Waals surface area contributed by atoms with Gasteiger partial charge in [0, 0.05) is 29.0 Å². The number of carbonyl (C=O) groups excluding carboxylic acids is 2. The summed E-state index contributed by atoms with van der Waals surface area (Å²) in [5, 5.41) is 13.5. The number of nitrogens with zero attached hydrogens (tertiary/aromatic N) is 3. The number of carbonyl (C=O) groups is 2. The third-order valence-corrected chi connectivity index (χ3v) is 7.44. The van der Waals surface area contributed by atoms with Crippen molar-refractivity contribution in [2.24, 2.45) is 0 Å². The van der Waals surface area contributed by atoms with Gasteiger partial charge in [-0.3, -0.25) is 4.79 Å². The molecule has 0 aliphatic rings. The summed E-state index contributed by atoms with van der Waals surface area (Å²) in [6.07, 6.45) is 1.25. The standard InChI is InChI=1S/C38H36N6O4/c1-38(2,3)48-37(46)39-24-25-5-7-29(8-6-25)35(45)41-30-15-17-31(18-16-30)42-36-43-34(23-32-21-22-40-44(32)36)28-11-9-26(10-12-28)27-13-19-33(47-4)20-14-27/h5-23H,24H2,1-4H3,(H,39,46)(H,41,45)(H,42,43). The molecule has 48 heavy (non-hydrogen) atoms. The molecule has 0 unspecified atom stereocenters. The van der Waals surface area contributed by atoms with Crippen LogP contribution < -0.4 is 20.7 Å². The fraction of sp³-hybridized carbons (Fsp3) is 0.158. The molecule has 0 bridgehead atoms. The highest BCUT2D eigenvalue weighted by molar-refractivity contribution is 6.04. The zero-order valence-corrected chi connectivity index (χ0v) is 27.2. The summed E-state index contributed by atoms with van der Waals surface area (Å²) in [5.41, 5.74) is 7.09. The molecule has 0 aliphatic carbocycles. The highest BCUT2D eigenvalue weighted by Gasteiger charge is 2.16. The van der Waals surface area contributed by atoms with Crippen LogP contribution in [-0.4, -0.2) is 39.3 Å². The molecule has 0 saturated heterocycles. The Morgan fingerprint density at radius 1 is 0.771 bits per heavy atom. The van der Waals surface area contributed by atoms with Crippen LogP contribution in [0.25, 0.3) is 27.9 Å². The van der Waals surface area contributed by atoms with Crippen molar-refractivity contribution in [3.63, 3.8) is 0 Å². The predicted octanol–water partition coefficient (Wildman–Crippen LogP) is 8.09. The molecule has 0 saturated carbocycles. The monoisotopic (exact) mass is 640 g/mol. The third-order valence-electron chi connectivity index (χ3n) is 7.44. The Labute approximate surface area is 278 Å². The van der Waals surface area contributed by atoms with E-state index in [2.05, 4.69) is 45.3 Å². The van der Waals surface area contributed by atoms with E-state index in [4.69, 9.17) is 14.5 Å². The summed E-state index contributed by atoms with van der Waals surface area (Å²) in [7, 11) is 1.66. The highest BCUT2D eigenvalue weighted by atomic mass is 16.6. The summed E-state index contributed by atoms with van der Waals surface area (Å²) in [6, 6.07) is 34.6. The number of hydrogen-bond acceptors (Lipinski definition) is 7. The molecular formula is C38H36N6O4. The largest absolute Gasteiger partial charge is 0.497 e. The number of methoxy groups -OCH3 is 1. The Morgan fingerprint density at radius 2 is 1.40 bits per heavy atom. The fourth-order valence-corrected chi connectivity index (χ4v) is 5.01. The van der Waals surface area contributed by atoms with E-state index in [0.29, 0.717) is 23.7 Å². The van der Waals surface area contributed by atoms with Gasteiger partial charge in [-0.15, -0.1) is 0 Å². The number of fused-ring (bicyclic) bond motifs is 1. The van der Waals surface area contributed by atoms with Crippen LogP contribution in [0.5, 0.6) is 5.75 Å². The minimum Gasteiger partial charge on any atom is -0.497 e. The number of anilines is 3. The first kappa shape index (κ1) is 31.8. The zero-order valence-electron chi connectivity index (χ0n) is 27.2. The van der Waals surface area contributed by atoms with E-state index in [1.54, 1.807) is 42.1 Å². The van der Waals surface area contributed by atoms with Crippen LogP contribution in [0.15, 0.2) is 115 Å². The number of ether oxygens (including phenoxy) is 2. The Kier molecular flexibility index (Phi) is 9.06. The third kappa shape index (κ3) is 7.79. The highest BCUT2D eigenvalue weighted by Crippen LogP contribution is 2.28. The van der Waals surface area contributed by atoms with Crippen LogP contribution in [0.1, 0.15) is 36.7 Å². The van der Waals surface area contributed by atoms with Crippen LogP contribution >= 0.6 is 0 Å². The zero-order chi connectivity index (χ0) is 33.7. The molecule has 242 valence electrons. The molecule has 10 heteroatoms. The Balaban J connectivity index is 1.10. The first-order valence-corrected chi connectivity index (χ1v) is 15.5. The van der Waals surface area contributed by atoms with E-state index in [9.17, 15) is 9.59 Å². The van der Waals surface area contributed by atoms with Crippen molar-refractivity contribution in [1.82, 2.24) is 19.9 Å². The van der Waals surface area contributed by atoms with Gasteiger partial charge >= 0.3 is 6.09 Å². The fourth-order valence-electron chi connectivity index (χ4n) is 5.01. The number of alkyl carbamates (subject to hydrolysis) is 1. The average molecular weight is 641 g/mol. The van der Waals surface area contributed by atoms with Gasteiger partial charge in [-0.1, -0.05) is 48.5 Å². The van der Waals surface area contributed by atoms with Gasteiger partial charge < -0.3 is 25.4 Å². The van der Waals surface area contributed by atoms with Gasteiger partial charge in [-0.05, 0) is 98.1 Å². The van der Waals surface area contributed by atoms with Crippen LogP contribution in [0, 0.1) is 0 Å². The van der Waals surface area contributed by atoms with Gasteiger partial charge in [0.1, 0.15) is 11.4 Å². The van der Waals surface area contributed by atoms with Gasteiger partial charge in [-0.25, -0.2) is 14.3 Å². The molecule has 0 spiro atoms. The Bertz CT molecular complexity index is 2030. The molecule has 2 amide bonds. The second kappa shape index (κ2) is 13.7. The van der Waals surface area contributed by atoms with E-state index < -0.39 is 11.7 Å². The van der Waals surface area contributed by atoms with Gasteiger partial charge in [0.25, 0.3) is 5.91 Å². The predicted molar refractivity (Wildman–Crippen MR) is 188 cm³/mol. The van der Waals surface area contributed by atoms with Crippen LogP contribution in [-0.2, 0) is 11.3 Å². The van der Waals surface area contributed by atoms with Gasteiger partial charge in [0.15, 0.2) is 0 Å². The van der Waals surface area contributed by atoms with Crippen molar-refractivity contribution < 1.29 is 19.1 Å². The number of rotatable bonds is 9. The molecule has 0 radical (unpaired) electrons. The molecule has 6 rings (SSSR count). The molecular weight excluding hydrogens is 604 g/mol. The van der Waals surface area contributed by atoms with E-state index >= 15 is 0 Å². The number of hydrogen-bond donors (Lipinski definition) is 3. The molecule has 2 aromatic heterocycles. The smallest absolute Gasteiger partial charge is 0.407 e. The number of benzene rings is 4. The number of nitrogens with one attached hydrogen (secondary N) is 3. The average Bonchev–Trinajstić information content (AvgIpc) is 3.57. The molecule has 0 fully saturated rings. The lowest BCUT2D eigenvalue weighted by molar-refractivity contribution is 0.0523. The summed E-state index contributed by atoms with van der Waals surface area (Å²) < 4.78 is 12.3.